The van der Waals surface area contributed by atoms with Crippen molar-refractivity contribution in [3.8, 4) is 17.1 Å². The minimum absolute atomic E-state index is 0.291. The second-order valence-corrected chi connectivity index (χ2v) is 6.70. The molecule has 0 aromatic carbocycles. The van der Waals surface area contributed by atoms with Crippen LogP contribution in [0.15, 0.2) is 29.7 Å². The van der Waals surface area contributed by atoms with Gasteiger partial charge in [-0.1, -0.05) is 6.92 Å². The van der Waals surface area contributed by atoms with Gasteiger partial charge >= 0.3 is 12.1 Å². The first kappa shape index (κ1) is 20.0. The van der Waals surface area contributed by atoms with Crippen molar-refractivity contribution in [2.75, 3.05) is 18.1 Å². The zero-order valence-electron chi connectivity index (χ0n) is 14.2. The van der Waals surface area contributed by atoms with E-state index in [1.54, 1.807) is 6.07 Å². The molecule has 2 N–H and O–H groups in total. The van der Waals surface area contributed by atoms with E-state index in [9.17, 15) is 22.0 Å². The van der Waals surface area contributed by atoms with E-state index in [2.05, 4.69) is 24.8 Å². The molecule has 0 saturated heterocycles. The standard InChI is InChI=1S/C15H13F5N6OS/c1-2-28-13-11(12-22-4-3-9(21)26(12)25-13)8-5-24-10(6-23-8)27-7-14(16,17)15(18,19)20/h3-6H,2,7,21H2,1H3. The number of halogens is 5. The van der Waals surface area contributed by atoms with Gasteiger partial charge in [-0.2, -0.15) is 31.6 Å². The third-order valence-electron chi connectivity index (χ3n) is 3.50. The highest BCUT2D eigenvalue weighted by molar-refractivity contribution is 7.99. The Morgan fingerprint density at radius 2 is 1.89 bits per heavy atom. The van der Waals surface area contributed by atoms with Crippen LogP contribution in [0.1, 0.15) is 6.92 Å². The van der Waals surface area contributed by atoms with Crippen LogP contribution in [0.5, 0.6) is 5.88 Å². The fourth-order valence-electron chi connectivity index (χ4n) is 2.17. The number of fused-ring (bicyclic) bond motifs is 1. The topological polar surface area (TPSA) is 91.2 Å². The molecule has 0 aliphatic heterocycles. The van der Waals surface area contributed by atoms with Gasteiger partial charge in [0.25, 0.3) is 0 Å². The molecule has 3 rings (SSSR count). The lowest BCUT2D eigenvalue weighted by Gasteiger charge is -2.19. The number of aromatic nitrogens is 5. The van der Waals surface area contributed by atoms with Crippen LogP contribution >= 0.6 is 11.8 Å². The van der Waals surface area contributed by atoms with Gasteiger partial charge in [-0.05, 0) is 11.8 Å². The molecule has 0 aliphatic rings. The summed E-state index contributed by atoms with van der Waals surface area (Å²) >= 11 is 1.40. The highest BCUT2D eigenvalue weighted by Crippen LogP contribution is 2.36. The average Bonchev–Trinajstić information content (AvgIpc) is 2.99. The molecular weight excluding hydrogens is 407 g/mol. The molecule has 0 atom stereocenters. The number of hydrogen-bond donors (Lipinski definition) is 1. The first-order valence-corrected chi connectivity index (χ1v) is 8.78. The Morgan fingerprint density at radius 3 is 2.50 bits per heavy atom. The Bertz CT molecular complexity index is 975. The Morgan fingerprint density at radius 1 is 1.14 bits per heavy atom. The van der Waals surface area contributed by atoms with Crippen molar-refractivity contribution in [2.45, 2.75) is 24.0 Å². The predicted octanol–water partition coefficient (Wildman–Crippen LogP) is 3.46. The normalized spacial score (nSPS) is 12.5. The number of nitrogen functional groups attached to an aromatic ring is 1. The van der Waals surface area contributed by atoms with Crippen molar-refractivity contribution < 1.29 is 26.7 Å². The summed E-state index contributed by atoms with van der Waals surface area (Å²) in [6.07, 6.45) is -2.09. The van der Waals surface area contributed by atoms with Crippen LogP contribution < -0.4 is 10.5 Å². The second kappa shape index (κ2) is 7.37. The smallest absolute Gasteiger partial charge is 0.456 e. The van der Waals surface area contributed by atoms with Gasteiger partial charge in [-0.3, -0.25) is 0 Å². The zero-order chi connectivity index (χ0) is 20.5. The number of nitrogens with two attached hydrogens (primary N) is 1. The van der Waals surface area contributed by atoms with Crippen molar-refractivity contribution in [3.63, 3.8) is 0 Å². The highest BCUT2D eigenvalue weighted by atomic mass is 32.2. The largest absolute Gasteiger partial charge is 0.470 e. The van der Waals surface area contributed by atoms with Gasteiger partial charge in [0.05, 0.1) is 23.7 Å². The maximum Gasteiger partial charge on any atom is 0.456 e. The van der Waals surface area contributed by atoms with E-state index in [4.69, 9.17) is 5.73 Å². The molecule has 0 radical (unpaired) electrons. The fourth-order valence-corrected chi connectivity index (χ4v) is 2.92. The lowest BCUT2D eigenvalue weighted by Crippen LogP contribution is -2.41. The Kier molecular flexibility index (Phi) is 5.28. The molecular formula is C15H13F5N6OS. The van der Waals surface area contributed by atoms with E-state index in [0.29, 0.717) is 33.5 Å². The third kappa shape index (κ3) is 3.79. The van der Waals surface area contributed by atoms with Gasteiger partial charge in [0.2, 0.25) is 5.88 Å². The van der Waals surface area contributed by atoms with Crippen molar-refractivity contribution >= 4 is 23.2 Å². The highest BCUT2D eigenvalue weighted by Gasteiger charge is 2.58. The van der Waals surface area contributed by atoms with Crippen molar-refractivity contribution in [1.82, 2.24) is 24.6 Å². The van der Waals surface area contributed by atoms with Gasteiger partial charge in [-0.15, -0.1) is 11.8 Å². The first-order chi connectivity index (χ1) is 13.1. The van der Waals surface area contributed by atoms with Crippen LogP contribution in [0.3, 0.4) is 0 Å². The maximum atomic E-state index is 12.9. The number of alkyl halides is 5. The molecule has 3 aromatic heterocycles. The third-order valence-corrected chi connectivity index (χ3v) is 4.34. The van der Waals surface area contributed by atoms with E-state index >= 15 is 0 Å². The Hall–Kier alpha value is -2.70. The molecule has 0 saturated carbocycles. The molecule has 28 heavy (non-hydrogen) atoms. The van der Waals surface area contributed by atoms with Crippen LogP contribution in [-0.4, -0.2) is 49.0 Å². The van der Waals surface area contributed by atoms with Gasteiger partial charge < -0.3 is 10.5 Å². The molecule has 0 aliphatic carbocycles. The number of rotatable bonds is 6. The summed E-state index contributed by atoms with van der Waals surface area (Å²) in [7, 11) is 0. The fraction of sp³-hybridized carbons (Fsp3) is 0.333. The molecule has 3 heterocycles. The van der Waals surface area contributed by atoms with Crippen LogP contribution in [0.25, 0.3) is 16.9 Å². The summed E-state index contributed by atoms with van der Waals surface area (Å²) in [5.74, 6) is -4.43. The minimum atomic E-state index is -5.71. The van der Waals surface area contributed by atoms with Crippen LogP contribution in [0.2, 0.25) is 0 Å². The monoisotopic (exact) mass is 420 g/mol. The summed E-state index contributed by atoms with van der Waals surface area (Å²) in [6, 6.07) is 1.56. The van der Waals surface area contributed by atoms with Gasteiger partial charge in [0, 0.05) is 6.20 Å². The Labute approximate surface area is 159 Å². The SMILES string of the molecule is CCSc1nn2c(N)ccnc2c1-c1cnc(OCC(F)(F)C(F)(F)F)cn1. The average molecular weight is 420 g/mol. The minimum Gasteiger partial charge on any atom is -0.470 e. The predicted molar refractivity (Wildman–Crippen MR) is 91.3 cm³/mol. The molecule has 0 spiro atoms. The molecule has 150 valence electrons. The summed E-state index contributed by atoms with van der Waals surface area (Å²) < 4.78 is 68.3. The summed E-state index contributed by atoms with van der Waals surface area (Å²) in [5.41, 5.74) is 7.09. The van der Waals surface area contributed by atoms with E-state index < -0.39 is 24.6 Å². The van der Waals surface area contributed by atoms with Crippen molar-refractivity contribution in [1.29, 1.82) is 0 Å². The molecule has 0 fully saturated rings. The van der Waals surface area contributed by atoms with E-state index in [1.807, 2.05) is 6.92 Å². The molecule has 0 amide bonds. The zero-order valence-corrected chi connectivity index (χ0v) is 15.1. The first-order valence-electron chi connectivity index (χ1n) is 7.80. The Balaban J connectivity index is 1.90. The summed E-state index contributed by atoms with van der Waals surface area (Å²) in [4.78, 5) is 12.0. The van der Waals surface area contributed by atoms with Crippen molar-refractivity contribution in [3.05, 3.63) is 24.7 Å². The quantitative estimate of drug-likeness (QED) is 0.482. The number of thioether (sulfide) groups is 1. The molecule has 3 aromatic rings. The molecule has 0 bridgehead atoms. The van der Waals surface area contributed by atoms with Crippen LogP contribution in [0.4, 0.5) is 27.8 Å². The van der Waals surface area contributed by atoms with Crippen LogP contribution in [0, 0.1) is 0 Å². The van der Waals surface area contributed by atoms with E-state index in [1.165, 1.54) is 28.7 Å². The van der Waals surface area contributed by atoms with Gasteiger partial charge in [0.15, 0.2) is 12.3 Å². The summed E-state index contributed by atoms with van der Waals surface area (Å²) in [5, 5.41) is 4.93. The van der Waals surface area contributed by atoms with E-state index in [0.717, 1.165) is 6.20 Å². The van der Waals surface area contributed by atoms with E-state index in [-0.39, 0.29) is 0 Å². The lowest BCUT2D eigenvalue weighted by atomic mass is 10.2. The molecule has 13 heteroatoms. The second-order valence-electron chi connectivity index (χ2n) is 5.45. The number of nitrogens with zero attached hydrogens (tertiary/aromatic N) is 5. The van der Waals surface area contributed by atoms with Gasteiger partial charge in [0.1, 0.15) is 10.8 Å². The molecule has 7 nitrogen and oxygen atoms in total. The van der Waals surface area contributed by atoms with Gasteiger partial charge in [-0.25, -0.2) is 15.0 Å². The number of hydrogen-bond acceptors (Lipinski definition) is 7. The maximum absolute atomic E-state index is 12.9. The number of ether oxygens (including phenoxy) is 1. The molecule has 0 unspecified atom stereocenters. The number of anilines is 1. The van der Waals surface area contributed by atoms with Crippen molar-refractivity contribution in [2.24, 2.45) is 0 Å². The summed E-state index contributed by atoms with van der Waals surface area (Å²) in [6.45, 7) is 0.0228. The van der Waals surface area contributed by atoms with Crippen LogP contribution in [-0.2, 0) is 0 Å². The lowest BCUT2D eigenvalue weighted by molar-refractivity contribution is -0.290.